The van der Waals surface area contributed by atoms with Crippen LogP contribution in [0.3, 0.4) is 0 Å². The van der Waals surface area contributed by atoms with Crippen molar-refractivity contribution in [3.8, 4) is 0 Å². The summed E-state index contributed by atoms with van der Waals surface area (Å²) in [6, 6.07) is 0. The smallest absolute Gasteiger partial charge is 0.190 e. The molecule has 6 heteroatoms. The molecular weight excluding hydrogens is 239 g/mol. The van der Waals surface area contributed by atoms with E-state index in [1.807, 2.05) is 10.6 Å². The monoisotopic (exact) mass is 246 g/mol. The Hall–Kier alpha value is 0.690. The van der Waals surface area contributed by atoms with Gasteiger partial charge in [-0.25, -0.2) is 4.41 Å². The summed E-state index contributed by atoms with van der Waals surface area (Å²) in [6.07, 6.45) is 3.30. The maximum atomic E-state index is 5.59. The normalized spacial score (nSPS) is 17.4. The number of hydrogen-bond acceptors (Lipinski definition) is 3. The van der Waals surface area contributed by atoms with E-state index >= 15 is 0 Å². The lowest BCUT2D eigenvalue weighted by Gasteiger charge is -2.14. The van der Waals surface area contributed by atoms with Gasteiger partial charge in [-0.3, -0.25) is 0 Å². The summed E-state index contributed by atoms with van der Waals surface area (Å²) >= 11 is 18.4. The summed E-state index contributed by atoms with van der Waals surface area (Å²) in [7, 11) is 0. The summed E-state index contributed by atoms with van der Waals surface area (Å²) in [5.41, 5.74) is 0. The van der Waals surface area contributed by atoms with Crippen LogP contribution in [0, 0.1) is 0 Å². The zero-order valence-electron chi connectivity index (χ0n) is 6.34. The molecule has 0 bridgehead atoms. The number of alkyl halides is 3. The molecule has 1 heterocycles. The molecule has 0 aromatic carbocycles. The number of halogens is 3. The van der Waals surface area contributed by atoms with Crippen LogP contribution in [0.15, 0.2) is 5.10 Å². The third kappa shape index (κ3) is 4.65. The molecule has 0 atom stereocenters. The molecule has 1 aliphatic rings. The predicted octanol–water partition coefficient (Wildman–Crippen LogP) is 3.09. The number of hydrogen-bond donors (Lipinski definition) is 0. The van der Waals surface area contributed by atoms with Crippen molar-refractivity contribution in [1.29, 1.82) is 0 Å². The summed E-state index contributed by atoms with van der Waals surface area (Å²) in [5.74, 6) is 0.952. The molecule has 0 aliphatic carbocycles. The summed E-state index contributed by atoms with van der Waals surface area (Å²) < 4.78 is 0.796. The fourth-order valence-electron chi connectivity index (χ4n) is 0.814. The molecule has 1 aliphatic heterocycles. The van der Waals surface area contributed by atoms with Crippen LogP contribution in [0.1, 0.15) is 12.8 Å². The second kappa shape index (κ2) is 4.80. The lowest BCUT2D eigenvalue weighted by Crippen LogP contribution is -2.10. The average Bonchev–Trinajstić information content (AvgIpc) is 2.36. The molecule has 0 spiro atoms. The molecule has 0 N–H and O–H groups in total. The van der Waals surface area contributed by atoms with Gasteiger partial charge in [0.25, 0.3) is 0 Å². The Balaban J connectivity index is 2.06. The highest BCUT2D eigenvalue weighted by atomic mass is 35.6. The van der Waals surface area contributed by atoms with E-state index in [1.54, 1.807) is 11.9 Å². The van der Waals surface area contributed by atoms with Crippen molar-refractivity contribution >= 4 is 53.0 Å². The molecule has 0 aromatic rings. The lowest BCUT2D eigenvalue weighted by atomic mass is 10.3. The standard InChI is InChI=1S/C6H9Cl3N2S/c7-6(8,9)2-1-4-11-10-3-5-12-11/h3H,1-2,4-5H2. The molecule has 0 aromatic heterocycles. The zero-order valence-corrected chi connectivity index (χ0v) is 9.43. The van der Waals surface area contributed by atoms with Gasteiger partial charge in [0.1, 0.15) is 0 Å². The quantitative estimate of drug-likeness (QED) is 0.563. The Morgan fingerprint density at radius 1 is 1.50 bits per heavy atom. The van der Waals surface area contributed by atoms with Gasteiger partial charge >= 0.3 is 0 Å². The van der Waals surface area contributed by atoms with Crippen LogP contribution in [0.4, 0.5) is 0 Å². The predicted molar refractivity (Wildman–Crippen MR) is 57.2 cm³/mol. The van der Waals surface area contributed by atoms with Crippen molar-refractivity contribution in [2.45, 2.75) is 16.6 Å². The van der Waals surface area contributed by atoms with Gasteiger partial charge < -0.3 is 0 Å². The Bertz CT molecular complexity index is 169. The van der Waals surface area contributed by atoms with Gasteiger partial charge in [0.05, 0.1) is 5.75 Å². The highest BCUT2D eigenvalue weighted by molar-refractivity contribution is 7.97. The van der Waals surface area contributed by atoms with E-state index in [2.05, 4.69) is 5.10 Å². The topological polar surface area (TPSA) is 15.6 Å². The zero-order chi connectivity index (χ0) is 9.03. The van der Waals surface area contributed by atoms with Gasteiger partial charge in [-0.15, -0.1) is 0 Å². The highest BCUT2D eigenvalue weighted by Gasteiger charge is 2.19. The van der Waals surface area contributed by atoms with Crippen LogP contribution in [-0.2, 0) is 0 Å². The average molecular weight is 248 g/mol. The number of hydrazone groups is 1. The minimum Gasteiger partial charge on any atom is -0.239 e. The molecule has 0 saturated carbocycles. The first-order chi connectivity index (χ1) is 5.58. The molecule has 0 radical (unpaired) electrons. The van der Waals surface area contributed by atoms with E-state index in [1.165, 1.54) is 0 Å². The maximum Gasteiger partial charge on any atom is 0.190 e. The summed E-state index contributed by atoms with van der Waals surface area (Å²) in [6.45, 7) is 0.842. The maximum absolute atomic E-state index is 5.59. The minimum absolute atomic E-state index is 0.574. The van der Waals surface area contributed by atoms with E-state index in [-0.39, 0.29) is 0 Å². The van der Waals surface area contributed by atoms with Gasteiger partial charge in [0.15, 0.2) is 3.79 Å². The van der Waals surface area contributed by atoms with E-state index in [9.17, 15) is 0 Å². The third-order valence-corrected chi connectivity index (χ3v) is 2.76. The van der Waals surface area contributed by atoms with Crippen LogP contribution < -0.4 is 0 Å². The molecule has 70 valence electrons. The van der Waals surface area contributed by atoms with Gasteiger partial charge in [0.2, 0.25) is 0 Å². The fraction of sp³-hybridized carbons (Fsp3) is 0.833. The Morgan fingerprint density at radius 2 is 2.25 bits per heavy atom. The number of rotatable bonds is 3. The molecular formula is C6H9Cl3N2S. The van der Waals surface area contributed by atoms with Gasteiger partial charge in [0, 0.05) is 12.8 Å². The van der Waals surface area contributed by atoms with E-state index in [4.69, 9.17) is 34.8 Å². The lowest BCUT2D eigenvalue weighted by molar-refractivity contribution is 0.487. The first-order valence-corrected chi connectivity index (χ1v) is 5.65. The molecule has 0 fully saturated rings. The molecule has 2 nitrogen and oxygen atoms in total. The van der Waals surface area contributed by atoms with Crippen molar-refractivity contribution < 1.29 is 0 Å². The Morgan fingerprint density at radius 3 is 2.75 bits per heavy atom. The van der Waals surface area contributed by atoms with Crippen LogP contribution in [0.2, 0.25) is 0 Å². The van der Waals surface area contributed by atoms with Crippen molar-refractivity contribution in [2.75, 3.05) is 12.3 Å². The second-order valence-corrected chi connectivity index (χ2v) is 5.92. The van der Waals surface area contributed by atoms with Gasteiger partial charge in [-0.1, -0.05) is 34.8 Å². The third-order valence-electron chi connectivity index (χ3n) is 1.32. The van der Waals surface area contributed by atoms with E-state index in [0.717, 1.165) is 18.7 Å². The highest BCUT2D eigenvalue weighted by Crippen LogP contribution is 2.31. The first kappa shape index (κ1) is 10.8. The van der Waals surface area contributed by atoms with Crippen LogP contribution >= 0.6 is 46.8 Å². The molecule has 0 saturated heterocycles. The van der Waals surface area contributed by atoms with Gasteiger partial charge in [-0.2, -0.15) is 5.10 Å². The van der Waals surface area contributed by atoms with Gasteiger partial charge in [-0.05, 0) is 24.8 Å². The Labute approximate surface area is 91.4 Å². The SMILES string of the molecule is ClC(Cl)(Cl)CCCN1N=CCS1. The van der Waals surface area contributed by atoms with Crippen LogP contribution in [0.5, 0.6) is 0 Å². The number of nitrogens with zero attached hydrogens (tertiary/aromatic N) is 2. The van der Waals surface area contributed by atoms with Crippen molar-refractivity contribution in [1.82, 2.24) is 4.41 Å². The first-order valence-electron chi connectivity index (χ1n) is 3.57. The second-order valence-electron chi connectivity index (χ2n) is 2.39. The minimum atomic E-state index is -1.12. The largest absolute Gasteiger partial charge is 0.239 e. The van der Waals surface area contributed by atoms with Crippen molar-refractivity contribution in [2.24, 2.45) is 5.10 Å². The molecule has 12 heavy (non-hydrogen) atoms. The Kier molecular flexibility index (Phi) is 4.30. The fourth-order valence-corrected chi connectivity index (χ4v) is 1.91. The molecule has 0 amide bonds. The summed E-state index contributed by atoms with van der Waals surface area (Å²) in [4.78, 5) is 0. The molecule has 0 unspecified atom stereocenters. The summed E-state index contributed by atoms with van der Waals surface area (Å²) in [5, 5.41) is 4.10. The van der Waals surface area contributed by atoms with Crippen molar-refractivity contribution in [3.05, 3.63) is 0 Å². The van der Waals surface area contributed by atoms with E-state index in [0.29, 0.717) is 6.42 Å². The van der Waals surface area contributed by atoms with Crippen LogP contribution in [-0.4, -0.2) is 26.7 Å². The van der Waals surface area contributed by atoms with E-state index < -0.39 is 3.79 Å². The van der Waals surface area contributed by atoms with Crippen molar-refractivity contribution in [3.63, 3.8) is 0 Å². The van der Waals surface area contributed by atoms with Crippen LogP contribution in [0.25, 0.3) is 0 Å². The molecule has 1 rings (SSSR count).